The summed E-state index contributed by atoms with van der Waals surface area (Å²) in [5.74, 6) is -0.652. The van der Waals surface area contributed by atoms with Crippen molar-refractivity contribution < 1.29 is 23.2 Å². The number of hydrogen-bond acceptors (Lipinski definition) is 6. The van der Waals surface area contributed by atoms with Gasteiger partial charge in [-0.25, -0.2) is 0 Å². The minimum atomic E-state index is -4.86. The van der Waals surface area contributed by atoms with Gasteiger partial charge in [-0.1, -0.05) is 16.8 Å². The Bertz CT molecular complexity index is 940. The smallest absolute Gasteiger partial charge is 0.417 e. The van der Waals surface area contributed by atoms with E-state index in [0.717, 1.165) is 6.07 Å². The molecule has 1 aromatic carbocycles. The standard InChI is InChI=1S/C14H10ClF3N4O3/c1-6-13(23)22(24)12(20-19-6)7-2-3-8(15)10(9-4-5-25-21-9)11(7)14(16,17)18/h2-3,24H,4-5H2,1H3. The third kappa shape index (κ3) is 2.93. The molecule has 1 N–H and O–H groups in total. The van der Waals surface area contributed by atoms with Gasteiger partial charge < -0.3 is 10.0 Å². The topological polar surface area (TPSA) is 89.6 Å². The van der Waals surface area contributed by atoms with Gasteiger partial charge in [-0.3, -0.25) is 4.79 Å². The molecule has 0 spiro atoms. The maximum Gasteiger partial charge on any atom is 0.417 e. The fourth-order valence-electron chi connectivity index (χ4n) is 2.45. The Morgan fingerprint density at radius 2 is 2.04 bits per heavy atom. The van der Waals surface area contributed by atoms with Crippen LogP contribution in [0.1, 0.15) is 23.2 Å². The fraction of sp³-hybridized carbons (Fsp3) is 0.286. The highest BCUT2D eigenvalue weighted by atomic mass is 35.5. The molecular weight excluding hydrogens is 365 g/mol. The lowest BCUT2D eigenvalue weighted by molar-refractivity contribution is -0.137. The van der Waals surface area contributed by atoms with Crippen molar-refractivity contribution in [1.29, 1.82) is 0 Å². The molecule has 7 nitrogen and oxygen atoms in total. The summed E-state index contributed by atoms with van der Waals surface area (Å²) in [5.41, 5.74) is -3.22. The molecule has 132 valence electrons. The second-order valence-electron chi connectivity index (χ2n) is 5.19. The highest BCUT2D eigenvalue weighted by Gasteiger charge is 2.40. The van der Waals surface area contributed by atoms with Crippen LogP contribution in [-0.4, -0.2) is 32.5 Å². The molecular formula is C14H10ClF3N4O3. The van der Waals surface area contributed by atoms with Gasteiger partial charge in [-0.15, -0.1) is 14.9 Å². The van der Waals surface area contributed by atoms with Crippen LogP contribution >= 0.6 is 11.6 Å². The van der Waals surface area contributed by atoms with E-state index in [1.165, 1.54) is 13.0 Å². The van der Waals surface area contributed by atoms with Crippen molar-refractivity contribution in [1.82, 2.24) is 14.9 Å². The lowest BCUT2D eigenvalue weighted by Crippen LogP contribution is -2.26. The largest absolute Gasteiger partial charge is 0.423 e. The molecule has 0 bridgehead atoms. The Labute approximate surface area is 143 Å². The summed E-state index contributed by atoms with van der Waals surface area (Å²) in [6.07, 6.45) is -4.72. The monoisotopic (exact) mass is 374 g/mol. The fourth-order valence-corrected chi connectivity index (χ4v) is 2.71. The van der Waals surface area contributed by atoms with E-state index in [1.807, 2.05) is 0 Å². The van der Waals surface area contributed by atoms with Crippen molar-refractivity contribution in [2.75, 3.05) is 6.61 Å². The predicted octanol–water partition coefficient (Wildman–Crippen LogP) is 2.65. The van der Waals surface area contributed by atoms with E-state index < -0.39 is 28.7 Å². The summed E-state index contributed by atoms with van der Waals surface area (Å²) in [4.78, 5) is 16.6. The molecule has 25 heavy (non-hydrogen) atoms. The molecule has 0 unspecified atom stereocenters. The zero-order valence-corrected chi connectivity index (χ0v) is 13.4. The number of alkyl halides is 3. The Morgan fingerprint density at radius 3 is 2.64 bits per heavy atom. The van der Waals surface area contributed by atoms with Gasteiger partial charge in [0, 0.05) is 17.5 Å². The lowest BCUT2D eigenvalue weighted by atomic mass is 9.95. The maximum absolute atomic E-state index is 13.8. The average molecular weight is 375 g/mol. The quantitative estimate of drug-likeness (QED) is 0.816. The molecule has 0 radical (unpaired) electrons. The van der Waals surface area contributed by atoms with Crippen molar-refractivity contribution in [2.45, 2.75) is 19.5 Å². The summed E-state index contributed by atoms with van der Waals surface area (Å²) >= 11 is 5.97. The van der Waals surface area contributed by atoms with Crippen molar-refractivity contribution in [3.8, 4) is 11.4 Å². The SMILES string of the molecule is Cc1nnc(-c2ccc(Cl)c(C3=NOCC3)c2C(F)(F)F)n(O)c1=O. The lowest BCUT2D eigenvalue weighted by Gasteiger charge is -2.18. The van der Waals surface area contributed by atoms with Gasteiger partial charge in [0.2, 0.25) is 5.82 Å². The summed E-state index contributed by atoms with van der Waals surface area (Å²) < 4.78 is 41.3. The first-order chi connectivity index (χ1) is 11.7. The molecule has 2 aromatic rings. The van der Waals surface area contributed by atoms with Crippen molar-refractivity contribution >= 4 is 17.3 Å². The number of aromatic nitrogens is 3. The summed E-state index contributed by atoms with van der Waals surface area (Å²) in [6.45, 7) is 1.40. The highest BCUT2D eigenvalue weighted by molar-refractivity contribution is 6.34. The molecule has 0 aliphatic carbocycles. The molecule has 1 aliphatic rings. The Morgan fingerprint density at radius 1 is 1.32 bits per heavy atom. The van der Waals surface area contributed by atoms with E-state index >= 15 is 0 Å². The van der Waals surface area contributed by atoms with Crippen LogP contribution in [0.2, 0.25) is 5.02 Å². The molecule has 3 rings (SSSR count). The van der Waals surface area contributed by atoms with E-state index in [9.17, 15) is 23.2 Å². The van der Waals surface area contributed by atoms with Gasteiger partial charge >= 0.3 is 11.7 Å². The van der Waals surface area contributed by atoms with Gasteiger partial charge in [0.15, 0.2) is 0 Å². The van der Waals surface area contributed by atoms with E-state index in [1.54, 1.807) is 0 Å². The first-order valence-corrected chi connectivity index (χ1v) is 7.34. The minimum Gasteiger partial charge on any atom is -0.423 e. The number of rotatable bonds is 2. The maximum atomic E-state index is 13.8. The molecule has 11 heteroatoms. The van der Waals surface area contributed by atoms with Crippen LogP contribution in [0.25, 0.3) is 11.4 Å². The number of nitrogens with zero attached hydrogens (tertiary/aromatic N) is 4. The summed E-state index contributed by atoms with van der Waals surface area (Å²) in [5, 5.41) is 20.3. The molecule has 0 amide bonds. The van der Waals surface area contributed by atoms with Gasteiger partial charge in [0.1, 0.15) is 12.3 Å². The first-order valence-electron chi connectivity index (χ1n) is 6.96. The van der Waals surface area contributed by atoms with E-state index in [2.05, 4.69) is 15.4 Å². The van der Waals surface area contributed by atoms with Crippen LogP contribution in [0, 0.1) is 6.92 Å². The second kappa shape index (κ2) is 6.03. The van der Waals surface area contributed by atoms with Crippen LogP contribution in [0.4, 0.5) is 13.2 Å². The van der Waals surface area contributed by atoms with Crippen molar-refractivity contribution in [3.05, 3.63) is 44.3 Å². The third-order valence-electron chi connectivity index (χ3n) is 3.57. The van der Waals surface area contributed by atoms with Crippen LogP contribution < -0.4 is 5.56 Å². The van der Waals surface area contributed by atoms with Gasteiger partial charge in [-0.05, 0) is 19.1 Å². The molecule has 0 fully saturated rings. The molecule has 1 aromatic heterocycles. The van der Waals surface area contributed by atoms with Crippen molar-refractivity contribution in [3.63, 3.8) is 0 Å². The predicted molar refractivity (Wildman–Crippen MR) is 80.8 cm³/mol. The normalized spacial score (nSPS) is 14.4. The van der Waals surface area contributed by atoms with Crippen LogP contribution in [-0.2, 0) is 11.0 Å². The Kier molecular flexibility index (Phi) is 4.15. The zero-order chi connectivity index (χ0) is 18.4. The van der Waals surface area contributed by atoms with Gasteiger partial charge in [0.25, 0.3) is 0 Å². The third-order valence-corrected chi connectivity index (χ3v) is 3.88. The van der Waals surface area contributed by atoms with Crippen LogP contribution in [0.5, 0.6) is 0 Å². The molecule has 1 aliphatic heterocycles. The average Bonchev–Trinajstić information content (AvgIpc) is 3.06. The number of benzene rings is 1. The Balaban J connectivity index is 2.37. The van der Waals surface area contributed by atoms with E-state index in [0.29, 0.717) is 0 Å². The van der Waals surface area contributed by atoms with Crippen LogP contribution in [0.15, 0.2) is 22.1 Å². The summed E-state index contributed by atoms with van der Waals surface area (Å²) in [6, 6.07) is 2.21. The van der Waals surface area contributed by atoms with E-state index in [-0.39, 0.29) is 39.7 Å². The van der Waals surface area contributed by atoms with Crippen LogP contribution in [0.3, 0.4) is 0 Å². The minimum absolute atomic E-state index is 0.0195. The Hall–Kier alpha value is -2.62. The highest BCUT2D eigenvalue weighted by Crippen LogP contribution is 2.42. The molecule has 2 heterocycles. The number of hydrogen-bond donors (Lipinski definition) is 1. The second-order valence-corrected chi connectivity index (χ2v) is 5.60. The molecule has 0 saturated heterocycles. The van der Waals surface area contributed by atoms with E-state index in [4.69, 9.17) is 16.4 Å². The van der Waals surface area contributed by atoms with Gasteiger partial charge in [0.05, 0.1) is 16.3 Å². The summed E-state index contributed by atoms with van der Waals surface area (Å²) in [7, 11) is 0. The van der Waals surface area contributed by atoms with Gasteiger partial charge in [-0.2, -0.15) is 13.2 Å². The first kappa shape index (κ1) is 17.2. The zero-order valence-electron chi connectivity index (χ0n) is 12.6. The van der Waals surface area contributed by atoms with Crippen molar-refractivity contribution in [2.24, 2.45) is 5.16 Å². The molecule has 0 saturated carbocycles. The number of aryl methyl sites for hydroxylation is 1. The number of halogens is 4. The molecule has 0 atom stereocenters. The number of oxime groups is 1.